The maximum Gasteiger partial charge on any atom is 0.337 e. The Morgan fingerprint density at radius 1 is 1.07 bits per heavy atom. The van der Waals surface area contributed by atoms with Crippen molar-refractivity contribution in [3.8, 4) is 11.4 Å². The first-order chi connectivity index (χ1) is 13.2. The molecular weight excluding hydrogens is 344 g/mol. The second kappa shape index (κ2) is 6.83. The van der Waals surface area contributed by atoms with Crippen LogP contribution >= 0.6 is 0 Å². The van der Waals surface area contributed by atoms with E-state index in [0.717, 1.165) is 22.7 Å². The second-order valence-electron chi connectivity index (χ2n) is 5.80. The average Bonchev–Trinajstić information content (AvgIpc) is 3.04. The van der Waals surface area contributed by atoms with Gasteiger partial charge < -0.3 is 10.1 Å². The summed E-state index contributed by atoms with van der Waals surface area (Å²) in [6, 6.07) is 12.4. The Morgan fingerprint density at radius 3 is 2.67 bits per heavy atom. The average molecular weight is 360 g/mol. The van der Waals surface area contributed by atoms with E-state index < -0.39 is 0 Å². The monoisotopic (exact) mass is 360 g/mol. The molecular formula is C19H16N6O2. The molecule has 0 amide bonds. The normalized spacial score (nSPS) is 10.7. The molecule has 3 heterocycles. The number of aryl methyl sites for hydroxylation is 1. The van der Waals surface area contributed by atoms with Crippen LogP contribution in [0.3, 0.4) is 0 Å². The summed E-state index contributed by atoms with van der Waals surface area (Å²) in [5, 5.41) is 7.49. The maximum absolute atomic E-state index is 11.5. The fourth-order valence-electron chi connectivity index (χ4n) is 2.78. The molecule has 0 spiro atoms. The lowest BCUT2D eigenvalue weighted by atomic mass is 10.2. The third-order valence-electron chi connectivity index (χ3n) is 4.03. The first-order valence-electron chi connectivity index (χ1n) is 8.25. The molecule has 1 aromatic carbocycles. The van der Waals surface area contributed by atoms with E-state index in [-0.39, 0.29) is 5.97 Å². The molecule has 1 N–H and O–H groups in total. The minimum absolute atomic E-state index is 0.379. The van der Waals surface area contributed by atoms with Crippen LogP contribution in [0.25, 0.3) is 17.0 Å². The lowest BCUT2D eigenvalue weighted by Crippen LogP contribution is -2.02. The number of methoxy groups -OCH3 is 1. The number of aromatic nitrogens is 5. The number of nitrogens with zero attached hydrogens (tertiary/aromatic N) is 5. The number of rotatable bonds is 4. The fourth-order valence-corrected chi connectivity index (χ4v) is 2.78. The highest BCUT2D eigenvalue weighted by Gasteiger charge is 2.14. The number of carbonyl (C=O) groups is 1. The lowest BCUT2D eigenvalue weighted by Gasteiger charge is -2.07. The van der Waals surface area contributed by atoms with Crippen LogP contribution in [0, 0.1) is 6.92 Å². The summed E-state index contributed by atoms with van der Waals surface area (Å²) in [4.78, 5) is 24.9. The van der Waals surface area contributed by atoms with Crippen LogP contribution in [-0.2, 0) is 4.74 Å². The van der Waals surface area contributed by atoms with Gasteiger partial charge in [-0.25, -0.2) is 24.3 Å². The quantitative estimate of drug-likeness (QED) is 0.559. The number of anilines is 2. The Morgan fingerprint density at radius 2 is 1.89 bits per heavy atom. The summed E-state index contributed by atoms with van der Waals surface area (Å²) >= 11 is 0. The van der Waals surface area contributed by atoms with Crippen molar-refractivity contribution in [1.82, 2.24) is 24.6 Å². The van der Waals surface area contributed by atoms with E-state index in [1.165, 1.54) is 7.11 Å². The van der Waals surface area contributed by atoms with Gasteiger partial charge >= 0.3 is 5.97 Å². The van der Waals surface area contributed by atoms with Gasteiger partial charge in [-0.1, -0.05) is 0 Å². The number of hydrogen-bond donors (Lipinski definition) is 1. The third kappa shape index (κ3) is 3.20. The van der Waals surface area contributed by atoms with Crippen LogP contribution < -0.4 is 5.32 Å². The van der Waals surface area contributed by atoms with Crippen molar-refractivity contribution in [2.24, 2.45) is 0 Å². The van der Waals surface area contributed by atoms with Gasteiger partial charge in [0.25, 0.3) is 0 Å². The second-order valence-corrected chi connectivity index (χ2v) is 5.80. The van der Waals surface area contributed by atoms with Crippen LogP contribution in [-0.4, -0.2) is 37.6 Å². The van der Waals surface area contributed by atoms with Crippen molar-refractivity contribution in [1.29, 1.82) is 0 Å². The SMILES string of the molecule is COC(=O)c1ccc(Nc2nccc(-c3c(C)nc4cccnn34)n2)cc1. The van der Waals surface area contributed by atoms with Crippen LogP contribution in [0.2, 0.25) is 0 Å². The van der Waals surface area contributed by atoms with Gasteiger partial charge in [0.2, 0.25) is 5.95 Å². The first kappa shape index (κ1) is 16.6. The number of ether oxygens (including phenoxy) is 1. The molecule has 8 heteroatoms. The summed E-state index contributed by atoms with van der Waals surface area (Å²) in [7, 11) is 1.35. The van der Waals surface area contributed by atoms with Gasteiger partial charge in [-0.05, 0) is 49.4 Å². The summed E-state index contributed by atoms with van der Waals surface area (Å²) in [6.07, 6.45) is 3.39. The predicted octanol–water partition coefficient (Wildman–Crippen LogP) is 3.02. The zero-order chi connectivity index (χ0) is 18.8. The van der Waals surface area contributed by atoms with Gasteiger partial charge in [0.1, 0.15) is 5.69 Å². The van der Waals surface area contributed by atoms with Crippen LogP contribution in [0.5, 0.6) is 0 Å². The number of esters is 1. The highest BCUT2D eigenvalue weighted by atomic mass is 16.5. The van der Waals surface area contributed by atoms with Gasteiger partial charge in [-0.15, -0.1) is 0 Å². The highest BCUT2D eigenvalue weighted by Crippen LogP contribution is 2.23. The van der Waals surface area contributed by atoms with Gasteiger partial charge in [-0.3, -0.25) is 0 Å². The van der Waals surface area contributed by atoms with E-state index in [2.05, 4.69) is 25.4 Å². The number of nitrogens with one attached hydrogen (secondary N) is 1. The largest absolute Gasteiger partial charge is 0.465 e. The maximum atomic E-state index is 11.5. The van der Waals surface area contributed by atoms with Crippen LogP contribution in [0.15, 0.2) is 54.9 Å². The third-order valence-corrected chi connectivity index (χ3v) is 4.03. The van der Waals surface area contributed by atoms with Crippen LogP contribution in [0.1, 0.15) is 16.1 Å². The zero-order valence-corrected chi connectivity index (χ0v) is 14.7. The molecule has 134 valence electrons. The Labute approximate surface area is 154 Å². The van der Waals surface area contributed by atoms with Crippen molar-refractivity contribution in [3.05, 3.63) is 66.1 Å². The molecule has 0 bridgehead atoms. The topological polar surface area (TPSA) is 94.3 Å². The Kier molecular flexibility index (Phi) is 4.21. The summed E-state index contributed by atoms with van der Waals surface area (Å²) in [5.41, 5.74) is 4.36. The number of fused-ring (bicyclic) bond motifs is 1. The number of hydrogen-bond acceptors (Lipinski definition) is 7. The molecule has 0 fully saturated rings. The molecule has 0 aliphatic rings. The van der Waals surface area contributed by atoms with E-state index >= 15 is 0 Å². The molecule has 0 aliphatic carbocycles. The van der Waals surface area contributed by atoms with E-state index in [1.54, 1.807) is 41.2 Å². The summed E-state index contributed by atoms with van der Waals surface area (Å²) in [6.45, 7) is 1.92. The zero-order valence-electron chi connectivity index (χ0n) is 14.7. The van der Waals surface area contributed by atoms with Crippen LogP contribution in [0.4, 0.5) is 11.6 Å². The molecule has 4 aromatic rings. The predicted molar refractivity (Wildman–Crippen MR) is 99.8 cm³/mol. The van der Waals surface area contributed by atoms with Gasteiger partial charge in [-0.2, -0.15) is 5.10 Å². The highest BCUT2D eigenvalue weighted by molar-refractivity contribution is 5.89. The Hall–Kier alpha value is -3.81. The molecule has 0 aliphatic heterocycles. The van der Waals surface area contributed by atoms with Gasteiger partial charge in [0.05, 0.1) is 24.1 Å². The minimum atomic E-state index is -0.379. The molecule has 0 unspecified atom stereocenters. The van der Waals surface area contributed by atoms with Gasteiger partial charge in [0.15, 0.2) is 5.65 Å². The van der Waals surface area contributed by atoms with Crippen molar-refractivity contribution in [3.63, 3.8) is 0 Å². The van der Waals surface area contributed by atoms with Gasteiger partial charge in [0, 0.05) is 18.1 Å². The summed E-state index contributed by atoms with van der Waals surface area (Å²) < 4.78 is 6.46. The molecule has 8 nitrogen and oxygen atoms in total. The molecule has 3 aromatic heterocycles. The van der Waals surface area contributed by atoms with Crippen molar-refractivity contribution in [2.45, 2.75) is 6.92 Å². The minimum Gasteiger partial charge on any atom is -0.465 e. The standard InChI is InChI=1S/C19H16N6O2/c1-12-17(25-16(22-12)4-3-10-21-25)15-9-11-20-19(24-15)23-14-7-5-13(6-8-14)18(26)27-2/h3-11H,1-2H3,(H,20,23,24). The fraction of sp³-hybridized carbons (Fsp3) is 0.105. The van der Waals surface area contributed by atoms with E-state index in [1.807, 2.05) is 25.1 Å². The first-order valence-corrected chi connectivity index (χ1v) is 8.25. The van der Waals surface area contributed by atoms with E-state index in [9.17, 15) is 4.79 Å². The van der Waals surface area contributed by atoms with Crippen molar-refractivity contribution < 1.29 is 9.53 Å². The van der Waals surface area contributed by atoms with E-state index in [0.29, 0.717) is 17.2 Å². The van der Waals surface area contributed by atoms with Crippen molar-refractivity contribution >= 4 is 23.3 Å². The smallest absolute Gasteiger partial charge is 0.337 e. The molecule has 0 radical (unpaired) electrons. The van der Waals surface area contributed by atoms with E-state index in [4.69, 9.17) is 4.74 Å². The lowest BCUT2D eigenvalue weighted by molar-refractivity contribution is 0.0601. The Bertz CT molecular complexity index is 1120. The molecule has 0 saturated carbocycles. The molecule has 0 atom stereocenters. The summed E-state index contributed by atoms with van der Waals surface area (Å²) in [5.74, 6) is 0.0546. The number of carbonyl (C=O) groups excluding carboxylic acids is 1. The van der Waals surface area contributed by atoms with Crippen molar-refractivity contribution in [2.75, 3.05) is 12.4 Å². The Balaban J connectivity index is 1.65. The molecule has 0 saturated heterocycles. The molecule has 4 rings (SSSR count). The molecule has 27 heavy (non-hydrogen) atoms. The number of imidazole rings is 1. The number of benzene rings is 1.